The van der Waals surface area contributed by atoms with Crippen molar-refractivity contribution in [3.63, 3.8) is 0 Å². The van der Waals surface area contributed by atoms with Crippen molar-refractivity contribution in [2.45, 2.75) is 0 Å². The van der Waals surface area contributed by atoms with Crippen LogP contribution in [0.4, 0.5) is 10.1 Å². The zero-order chi connectivity index (χ0) is 13.2. The molecule has 0 radical (unpaired) electrons. The van der Waals surface area contributed by atoms with E-state index in [0.717, 1.165) is 5.56 Å². The minimum atomic E-state index is -0.459. The van der Waals surface area contributed by atoms with E-state index in [1.165, 1.54) is 18.2 Å². The van der Waals surface area contributed by atoms with E-state index >= 15 is 0 Å². The number of benzene rings is 1. The molecule has 2 heterocycles. The lowest BCUT2D eigenvalue weighted by Crippen LogP contribution is -1.89. The first-order valence-electron chi connectivity index (χ1n) is 5.53. The van der Waals surface area contributed by atoms with E-state index in [1.54, 1.807) is 24.5 Å². The predicted octanol–water partition coefficient (Wildman–Crippen LogP) is 2.52. The highest BCUT2D eigenvalue weighted by atomic mass is 19.1. The first-order valence-corrected chi connectivity index (χ1v) is 5.53. The van der Waals surface area contributed by atoms with Crippen molar-refractivity contribution in [1.82, 2.24) is 15.1 Å². The fraction of sp³-hybridized carbons (Fsp3) is 0. The number of halogens is 1. The molecule has 3 aromatic rings. The molecule has 94 valence electrons. The zero-order valence-corrected chi connectivity index (χ0v) is 9.75. The molecule has 0 aliphatic heterocycles. The molecule has 0 aliphatic carbocycles. The number of nitrogens with zero attached hydrogens (tertiary/aromatic N) is 3. The summed E-state index contributed by atoms with van der Waals surface area (Å²) in [6, 6.07) is 7.67. The molecule has 6 heteroatoms. The van der Waals surface area contributed by atoms with Gasteiger partial charge in [0.15, 0.2) is 0 Å². The van der Waals surface area contributed by atoms with Gasteiger partial charge in [0, 0.05) is 23.6 Å². The maximum absolute atomic E-state index is 13.7. The lowest BCUT2D eigenvalue weighted by molar-refractivity contribution is 0.429. The summed E-state index contributed by atoms with van der Waals surface area (Å²) in [6.07, 6.45) is 3.24. The summed E-state index contributed by atoms with van der Waals surface area (Å²) in [4.78, 5) is 8.05. The highest BCUT2D eigenvalue weighted by Gasteiger charge is 2.14. The average Bonchev–Trinajstić information content (AvgIpc) is 2.92. The fourth-order valence-electron chi connectivity index (χ4n) is 1.66. The molecular weight excluding hydrogens is 247 g/mol. The standard InChI is InChI=1S/C13H9FN4O/c14-11-2-1-9(15)7-10(11)13-17-12(18-19-13)8-3-5-16-6-4-8/h1-7H,15H2. The molecule has 0 unspecified atom stereocenters. The molecule has 3 rings (SSSR count). The Bertz CT molecular complexity index is 712. The number of pyridine rings is 1. The van der Waals surface area contributed by atoms with Gasteiger partial charge in [0.1, 0.15) is 5.82 Å². The molecule has 0 amide bonds. The van der Waals surface area contributed by atoms with Crippen LogP contribution in [-0.2, 0) is 0 Å². The second-order valence-electron chi connectivity index (χ2n) is 3.90. The number of nitrogens with two attached hydrogens (primary N) is 1. The van der Waals surface area contributed by atoms with Crippen molar-refractivity contribution in [2.24, 2.45) is 0 Å². The Morgan fingerprint density at radius 3 is 2.68 bits per heavy atom. The Labute approximate surface area is 107 Å². The summed E-state index contributed by atoms with van der Waals surface area (Å²) in [5.74, 6) is 0.00923. The maximum atomic E-state index is 13.7. The number of hydrogen-bond acceptors (Lipinski definition) is 5. The van der Waals surface area contributed by atoms with Gasteiger partial charge in [-0.1, -0.05) is 5.16 Å². The Hall–Kier alpha value is -2.76. The van der Waals surface area contributed by atoms with Crippen LogP contribution in [0.5, 0.6) is 0 Å². The Morgan fingerprint density at radius 2 is 1.89 bits per heavy atom. The molecule has 0 saturated heterocycles. The first-order chi connectivity index (χ1) is 9.24. The predicted molar refractivity (Wildman–Crippen MR) is 67.3 cm³/mol. The second-order valence-corrected chi connectivity index (χ2v) is 3.90. The van der Waals surface area contributed by atoms with Crippen LogP contribution < -0.4 is 5.73 Å². The molecule has 0 aliphatic rings. The number of aromatic nitrogens is 3. The van der Waals surface area contributed by atoms with E-state index < -0.39 is 5.82 Å². The molecule has 5 nitrogen and oxygen atoms in total. The SMILES string of the molecule is Nc1ccc(F)c(-c2nc(-c3ccncc3)no2)c1. The van der Waals surface area contributed by atoms with E-state index in [2.05, 4.69) is 15.1 Å². The van der Waals surface area contributed by atoms with Gasteiger partial charge in [-0.15, -0.1) is 0 Å². The fourth-order valence-corrected chi connectivity index (χ4v) is 1.66. The summed E-state index contributed by atoms with van der Waals surface area (Å²) >= 11 is 0. The van der Waals surface area contributed by atoms with Gasteiger partial charge in [0.05, 0.1) is 5.56 Å². The molecule has 0 bridgehead atoms. The zero-order valence-electron chi connectivity index (χ0n) is 9.75. The van der Waals surface area contributed by atoms with Crippen LogP contribution in [0, 0.1) is 5.82 Å². The van der Waals surface area contributed by atoms with Crippen molar-refractivity contribution in [3.8, 4) is 22.8 Å². The van der Waals surface area contributed by atoms with Crippen molar-refractivity contribution in [3.05, 3.63) is 48.5 Å². The highest BCUT2D eigenvalue weighted by Crippen LogP contribution is 2.25. The van der Waals surface area contributed by atoms with Gasteiger partial charge in [-0.3, -0.25) is 4.98 Å². The lowest BCUT2D eigenvalue weighted by atomic mass is 10.2. The summed E-state index contributed by atoms with van der Waals surface area (Å²) in [5.41, 5.74) is 6.98. The molecule has 0 spiro atoms. The molecule has 1 aromatic carbocycles. The van der Waals surface area contributed by atoms with E-state index in [9.17, 15) is 4.39 Å². The van der Waals surface area contributed by atoms with Crippen molar-refractivity contribution in [2.75, 3.05) is 5.73 Å². The van der Waals surface area contributed by atoms with Gasteiger partial charge in [-0.05, 0) is 30.3 Å². The molecule has 2 aromatic heterocycles. The number of rotatable bonds is 2. The van der Waals surface area contributed by atoms with Crippen molar-refractivity contribution >= 4 is 5.69 Å². The third-order valence-corrected chi connectivity index (χ3v) is 2.59. The summed E-state index contributed by atoms with van der Waals surface area (Å²) < 4.78 is 18.7. The van der Waals surface area contributed by atoms with Gasteiger partial charge in [-0.2, -0.15) is 4.98 Å². The van der Waals surface area contributed by atoms with Crippen LogP contribution in [0.25, 0.3) is 22.8 Å². The van der Waals surface area contributed by atoms with Crippen LogP contribution >= 0.6 is 0 Å². The third kappa shape index (κ3) is 2.15. The summed E-state index contributed by atoms with van der Waals surface area (Å²) in [6.45, 7) is 0. The van der Waals surface area contributed by atoms with Crippen LogP contribution in [-0.4, -0.2) is 15.1 Å². The van der Waals surface area contributed by atoms with E-state index in [1.807, 2.05) is 0 Å². The molecule has 19 heavy (non-hydrogen) atoms. The van der Waals surface area contributed by atoms with Gasteiger partial charge >= 0.3 is 0 Å². The van der Waals surface area contributed by atoms with Crippen LogP contribution in [0.1, 0.15) is 0 Å². The third-order valence-electron chi connectivity index (χ3n) is 2.59. The monoisotopic (exact) mass is 256 g/mol. The smallest absolute Gasteiger partial charge is 0.261 e. The van der Waals surface area contributed by atoms with Gasteiger partial charge < -0.3 is 10.3 Å². The minimum Gasteiger partial charge on any atom is -0.399 e. The van der Waals surface area contributed by atoms with E-state index in [0.29, 0.717) is 11.5 Å². The van der Waals surface area contributed by atoms with E-state index in [4.69, 9.17) is 10.3 Å². The lowest BCUT2D eigenvalue weighted by Gasteiger charge is -1.98. The molecule has 0 fully saturated rings. The Morgan fingerprint density at radius 1 is 1.11 bits per heavy atom. The number of hydrogen-bond donors (Lipinski definition) is 1. The highest BCUT2D eigenvalue weighted by molar-refractivity contribution is 5.63. The Balaban J connectivity index is 2.04. The Kier molecular flexibility index (Phi) is 2.68. The number of anilines is 1. The first kappa shape index (κ1) is 11.3. The molecule has 2 N–H and O–H groups in total. The van der Waals surface area contributed by atoms with E-state index in [-0.39, 0.29) is 11.5 Å². The molecule has 0 atom stereocenters. The molecule has 0 saturated carbocycles. The topological polar surface area (TPSA) is 77.8 Å². The van der Waals surface area contributed by atoms with Crippen molar-refractivity contribution in [1.29, 1.82) is 0 Å². The van der Waals surface area contributed by atoms with Crippen molar-refractivity contribution < 1.29 is 8.91 Å². The van der Waals surface area contributed by atoms with Crippen LogP contribution in [0.2, 0.25) is 0 Å². The van der Waals surface area contributed by atoms with Gasteiger partial charge in [0.2, 0.25) is 5.82 Å². The average molecular weight is 256 g/mol. The normalized spacial score (nSPS) is 10.6. The van der Waals surface area contributed by atoms with Gasteiger partial charge in [-0.25, -0.2) is 4.39 Å². The molecular formula is C13H9FN4O. The largest absolute Gasteiger partial charge is 0.399 e. The minimum absolute atomic E-state index is 0.0941. The second kappa shape index (κ2) is 4.49. The maximum Gasteiger partial charge on any atom is 0.261 e. The van der Waals surface area contributed by atoms with Crippen LogP contribution in [0.15, 0.2) is 47.2 Å². The number of nitrogen functional groups attached to an aromatic ring is 1. The van der Waals surface area contributed by atoms with Crippen LogP contribution in [0.3, 0.4) is 0 Å². The van der Waals surface area contributed by atoms with Gasteiger partial charge in [0.25, 0.3) is 5.89 Å². The quantitative estimate of drug-likeness (QED) is 0.713. The summed E-state index contributed by atoms with van der Waals surface area (Å²) in [5, 5.41) is 3.81. The summed E-state index contributed by atoms with van der Waals surface area (Å²) in [7, 11) is 0.